The van der Waals surface area contributed by atoms with E-state index in [1.807, 2.05) is 13.8 Å². The molecular weight excluding hydrogens is 607 g/mol. The molecule has 0 bridgehead atoms. The molecule has 0 saturated carbocycles. The van der Waals surface area contributed by atoms with Gasteiger partial charge >= 0.3 is 0 Å². The Kier molecular flexibility index (Phi) is 11.6. The Morgan fingerprint density at radius 3 is 2.66 bits per heavy atom. The monoisotopic (exact) mass is 646 g/mol. The van der Waals surface area contributed by atoms with Crippen LogP contribution >= 0.6 is 22.6 Å². The molecular formula is C27H39IN2O8. The summed E-state index contributed by atoms with van der Waals surface area (Å²) in [5, 5.41) is 33.0. The number of ether oxygens (including phenoxy) is 3. The number of aliphatic hydroxyl groups excluding tert-OH is 3. The molecule has 1 aliphatic carbocycles. The summed E-state index contributed by atoms with van der Waals surface area (Å²) in [6.45, 7) is 4.56. The van der Waals surface area contributed by atoms with Gasteiger partial charge in [0.2, 0.25) is 11.8 Å². The molecule has 1 heterocycles. The zero-order valence-corrected chi connectivity index (χ0v) is 24.3. The van der Waals surface area contributed by atoms with Crippen LogP contribution in [0, 0.1) is 9.49 Å². The van der Waals surface area contributed by atoms with E-state index in [0.717, 1.165) is 12.8 Å². The molecule has 0 spiro atoms. The van der Waals surface area contributed by atoms with Gasteiger partial charge < -0.3 is 39.7 Å². The van der Waals surface area contributed by atoms with Crippen LogP contribution in [0.15, 0.2) is 23.8 Å². The molecule has 11 heteroatoms. The van der Waals surface area contributed by atoms with Crippen LogP contribution in [-0.4, -0.2) is 89.8 Å². The Morgan fingerprint density at radius 1 is 1.29 bits per heavy atom. The Morgan fingerprint density at radius 2 is 2.05 bits per heavy atom. The molecule has 1 aromatic rings. The van der Waals surface area contributed by atoms with Gasteiger partial charge in [0.1, 0.15) is 12.2 Å². The molecule has 2 aliphatic rings. The molecule has 212 valence electrons. The number of hydrogen-bond donors (Lipinski definition) is 4. The lowest BCUT2D eigenvalue weighted by Crippen LogP contribution is -2.56. The summed E-state index contributed by atoms with van der Waals surface area (Å²) in [7, 11) is 1.48. The maximum absolute atomic E-state index is 13.4. The van der Waals surface area contributed by atoms with Gasteiger partial charge in [-0.05, 0) is 65.1 Å². The Labute approximate surface area is 237 Å². The largest absolute Gasteiger partial charge is 0.493 e. The third-order valence-corrected chi connectivity index (χ3v) is 7.47. The van der Waals surface area contributed by atoms with Crippen LogP contribution in [-0.2, 0) is 20.9 Å². The van der Waals surface area contributed by atoms with Crippen LogP contribution in [0.3, 0.4) is 0 Å². The maximum Gasteiger partial charge on any atom is 0.247 e. The number of nitrogens with one attached hydrogen (secondary N) is 1. The first kappa shape index (κ1) is 30.6. The van der Waals surface area contributed by atoms with Crippen molar-refractivity contribution in [1.82, 2.24) is 10.2 Å². The molecule has 3 rings (SSSR count). The number of carbonyl (C=O) groups is 2. The van der Waals surface area contributed by atoms with Crippen molar-refractivity contribution in [1.29, 1.82) is 0 Å². The number of nitrogens with zero attached hydrogens (tertiary/aromatic N) is 1. The van der Waals surface area contributed by atoms with Gasteiger partial charge in [0.15, 0.2) is 11.5 Å². The third-order valence-electron chi connectivity index (χ3n) is 6.67. The van der Waals surface area contributed by atoms with Crippen LogP contribution in [0.4, 0.5) is 0 Å². The molecule has 1 aliphatic heterocycles. The molecule has 0 radical (unpaired) electrons. The normalized spacial score (nSPS) is 23.2. The van der Waals surface area contributed by atoms with E-state index in [-0.39, 0.29) is 44.1 Å². The van der Waals surface area contributed by atoms with Crippen molar-refractivity contribution in [2.75, 3.05) is 33.4 Å². The highest BCUT2D eigenvalue weighted by Gasteiger charge is 2.42. The predicted octanol–water partition coefficient (Wildman–Crippen LogP) is 1.76. The fraction of sp³-hybridized carbons (Fsp3) is 0.630. The van der Waals surface area contributed by atoms with Gasteiger partial charge in [-0.25, -0.2) is 0 Å². The van der Waals surface area contributed by atoms with E-state index in [0.29, 0.717) is 45.8 Å². The van der Waals surface area contributed by atoms with Gasteiger partial charge in [0.25, 0.3) is 0 Å². The second-order valence-electron chi connectivity index (χ2n) is 10.1. The minimum absolute atomic E-state index is 0.0785. The summed E-state index contributed by atoms with van der Waals surface area (Å²) in [6.07, 6.45) is 1.48. The first-order chi connectivity index (χ1) is 18.2. The first-order valence-electron chi connectivity index (χ1n) is 13.0. The lowest BCUT2D eigenvalue weighted by atomic mass is 9.87. The number of amides is 2. The number of halogens is 1. The van der Waals surface area contributed by atoms with Crippen molar-refractivity contribution in [3.63, 3.8) is 0 Å². The SMILES string of the molecule is COc1cc(CO)cc(I)c1O[C@H]1C=C(C(=O)NCCO)C[C@@H](N(C[C@@H]2CCCO2)C(=O)CC(C)C)[C@@H]1O. The highest BCUT2D eigenvalue weighted by atomic mass is 127. The molecule has 2 amide bonds. The average Bonchev–Trinajstić information content (AvgIpc) is 3.40. The number of methoxy groups -OCH3 is 1. The van der Waals surface area contributed by atoms with Crippen molar-refractivity contribution in [2.24, 2.45) is 5.92 Å². The lowest BCUT2D eigenvalue weighted by Gasteiger charge is -2.41. The van der Waals surface area contributed by atoms with E-state index in [9.17, 15) is 24.9 Å². The zero-order valence-electron chi connectivity index (χ0n) is 22.2. The van der Waals surface area contributed by atoms with E-state index in [1.54, 1.807) is 23.1 Å². The molecule has 4 atom stereocenters. The summed E-state index contributed by atoms with van der Waals surface area (Å²) < 4.78 is 18.2. The summed E-state index contributed by atoms with van der Waals surface area (Å²) in [5.74, 6) is 0.341. The molecule has 1 saturated heterocycles. The summed E-state index contributed by atoms with van der Waals surface area (Å²) >= 11 is 2.07. The fourth-order valence-electron chi connectivity index (χ4n) is 4.79. The molecule has 1 fully saturated rings. The standard InChI is InChI=1S/C27H39IN2O8/c1-16(2)9-24(33)30(14-19-5-4-8-37-19)21-12-18(27(35)29-6-7-31)13-22(25(21)34)38-26-20(28)10-17(15-32)11-23(26)36-3/h10-11,13,16,19,21-22,25,31-32,34H,4-9,12,14-15H2,1-3H3,(H,29,35)/t19-,21+,22-,25-/m0/s1. The predicted molar refractivity (Wildman–Crippen MR) is 149 cm³/mol. The number of aliphatic hydroxyl groups is 3. The lowest BCUT2D eigenvalue weighted by molar-refractivity contribution is -0.141. The summed E-state index contributed by atoms with van der Waals surface area (Å²) in [5.41, 5.74) is 0.997. The van der Waals surface area contributed by atoms with Gasteiger partial charge in [0, 0.05) is 38.1 Å². The average molecular weight is 647 g/mol. The van der Waals surface area contributed by atoms with Crippen LogP contribution in [0.5, 0.6) is 11.5 Å². The molecule has 10 nitrogen and oxygen atoms in total. The molecule has 4 N–H and O–H groups in total. The van der Waals surface area contributed by atoms with E-state index in [1.165, 1.54) is 7.11 Å². The van der Waals surface area contributed by atoms with Crippen LogP contribution in [0.25, 0.3) is 0 Å². The molecule has 0 unspecified atom stereocenters. The minimum Gasteiger partial charge on any atom is -0.493 e. The zero-order chi connectivity index (χ0) is 27.8. The Balaban J connectivity index is 1.99. The number of carbonyl (C=O) groups excluding carboxylic acids is 2. The van der Waals surface area contributed by atoms with Crippen molar-refractivity contribution < 1.29 is 39.1 Å². The van der Waals surface area contributed by atoms with E-state index < -0.39 is 24.2 Å². The molecule has 38 heavy (non-hydrogen) atoms. The third kappa shape index (κ3) is 7.81. The van der Waals surface area contributed by atoms with Crippen molar-refractivity contribution in [3.05, 3.63) is 32.9 Å². The van der Waals surface area contributed by atoms with E-state index in [4.69, 9.17) is 14.2 Å². The fourth-order valence-corrected chi connectivity index (χ4v) is 5.58. The van der Waals surface area contributed by atoms with Gasteiger partial charge in [-0.1, -0.05) is 13.8 Å². The van der Waals surface area contributed by atoms with Crippen LogP contribution in [0.2, 0.25) is 0 Å². The Hall–Kier alpha value is -1.93. The van der Waals surface area contributed by atoms with Gasteiger partial charge in [-0.3, -0.25) is 9.59 Å². The van der Waals surface area contributed by atoms with Gasteiger partial charge in [0.05, 0.1) is 36.0 Å². The highest BCUT2D eigenvalue weighted by Crippen LogP contribution is 2.37. The second-order valence-corrected chi connectivity index (χ2v) is 11.2. The smallest absolute Gasteiger partial charge is 0.247 e. The minimum atomic E-state index is -1.14. The first-order valence-corrected chi connectivity index (χ1v) is 14.1. The number of benzene rings is 1. The molecule has 0 aromatic heterocycles. The van der Waals surface area contributed by atoms with Gasteiger partial charge in [-0.15, -0.1) is 0 Å². The highest BCUT2D eigenvalue weighted by molar-refractivity contribution is 14.1. The number of rotatable bonds is 12. The summed E-state index contributed by atoms with van der Waals surface area (Å²) in [6, 6.07) is 2.67. The van der Waals surface area contributed by atoms with E-state index in [2.05, 4.69) is 27.9 Å². The topological polar surface area (TPSA) is 138 Å². The van der Waals surface area contributed by atoms with Crippen LogP contribution in [0.1, 0.15) is 45.1 Å². The molecule has 1 aromatic carbocycles. The van der Waals surface area contributed by atoms with Crippen LogP contribution < -0.4 is 14.8 Å². The number of hydrogen-bond acceptors (Lipinski definition) is 8. The van der Waals surface area contributed by atoms with E-state index >= 15 is 0 Å². The maximum atomic E-state index is 13.4. The summed E-state index contributed by atoms with van der Waals surface area (Å²) in [4.78, 5) is 28.1. The van der Waals surface area contributed by atoms with Gasteiger partial charge in [-0.2, -0.15) is 0 Å². The second kappa shape index (κ2) is 14.5. The Bertz CT molecular complexity index is 996. The van der Waals surface area contributed by atoms with Crippen molar-refractivity contribution in [3.8, 4) is 11.5 Å². The van der Waals surface area contributed by atoms with Crippen molar-refractivity contribution >= 4 is 34.4 Å². The quantitative estimate of drug-likeness (QED) is 0.252. The van der Waals surface area contributed by atoms with Crippen molar-refractivity contribution in [2.45, 2.75) is 70.5 Å².